The van der Waals surface area contributed by atoms with E-state index in [2.05, 4.69) is 56.2 Å². The molecule has 0 radical (unpaired) electrons. The molecule has 0 heterocycles. The number of rotatable bonds is 4. The van der Waals surface area contributed by atoms with Gasteiger partial charge in [0.2, 0.25) is 5.91 Å². The van der Waals surface area contributed by atoms with Crippen molar-refractivity contribution >= 4 is 43.5 Å². The summed E-state index contributed by atoms with van der Waals surface area (Å²) in [6.07, 6.45) is 0. The van der Waals surface area contributed by atoms with Crippen LogP contribution in [0.1, 0.15) is 27.1 Å². The zero-order valence-electron chi connectivity index (χ0n) is 12.9. The lowest BCUT2D eigenvalue weighted by atomic mass is 10.0. The van der Waals surface area contributed by atoms with Gasteiger partial charge in [-0.3, -0.25) is 4.79 Å². The molecule has 0 aromatic heterocycles. The molecule has 2 rings (SSSR count). The molecule has 1 N–H and O–H groups in total. The highest BCUT2D eigenvalue weighted by Crippen LogP contribution is 2.32. The number of aryl methyl sites for hydroxylation is 3. The van der Waals surface area contributed by atoms with Gasteiger partial charge < -0.3 is 5.32 Å². The molecule has 1 amide bonds. The van der Waals surface area contributed by atoms with E-state index >= 15 is 0 Å². The fourth-order valence-electron chi connectivity index (χ4n) is 2.51. The molecule has 0 aliphatic rings. The molecule has 0 spiro atoms. The smallest absolute Gasteiger partial charge is 0.239 e. The Morgan fingerprint density at radius 2 is 1.55 bits per heavy atom. The first-order valence-corrected chi connectivity index (χ1v) is 8.95. The molecule has 0 saturated carbocycles. The van der Waals surface area contributed by atoms with E-state index in [9.17, 15) is 4.79 Å². The van der Waals surface area contributed by atoms with Crippen molar-refractivity contribution in [2.24, 2.45) is 0 Å². The lowest BCUT2D eigenvalue weighted by molar-refractivity contribution is -0.115. The quantitative estimate of drug-likeness (QED) is 0.649. The minimum Gasteiger partial charge on any atom is -0.325 e. The topological polar surface area (TPSA) is 29.1 Å². The maximum atomic E-state index is 12.5. The highest BCUT2D eigenvalue weighted by atomic mass is 79.9. The van der Waals surface area contributed by atoms with Crippen LogP contribution in [0.3, 0.4) is 0 Å². The van der Waals surface area contributed by atoms with Crippen LogP contribution in [0.5, 0.6) is 0 Å². The van der Waals surface area contributed by atoms with Gasteiger partial charge in [-0.2, -0.15) is 0 Å². The van der Waals surface area contributed by atoms with E-state index in [-0.39, 0.29) is 15.6 Å². The van der Waals surface area contributed by atoms with Gasteiger partial charge in [0.05, 0.1) is 4.83 Å². The Morgan fingerprint density at radius 3 is 2.09 bits per heavy atom. The van der Waals surface area contributed by atoms with E-state index in [4.69, 9.17) is 0 Å². The van der Waals surface area contributed by atoms with Crippen LogP contribution in [0.2, 0.25) is 0 Å². The molecule has 2 aromatic carbocycles. The lowest BCUT2D eigenvalue weighted by Crippen LogP contribution is -2.27. The summed E-state index contributed by atoms with van der Waals surface area (Å²) in [4.78, 5) is 12.1. The number of nitrogens with one attached hydrogen (secondary N) is 1. The Bertz CT molecular complexity index is 647. The molecule has 2 atom stereocenters. The van der Waals surface area contributed by atoms with Crippen molar-refractivity contribution in [1.82, 2.24) is 0 Å². The first-order valence-electron chi connectivity index (χ1n) is 7.12. The SMILES string of the molecule is Cc1cc(C)c(NC(=O)C(Br)C(Br)c2ccccc2)c(C)c1. The standard InChI is InChI=1S/C18H19Br2NO/c1-11-9-12(2)17(13(3)10-11)21-18(22)16(20)15(19)14-7-5-4-6-8-14/h4-10,15-16H,1-3H3,(H,21,22). The van der Waals surface area contributed by atoms with Crippen molar-refractivity contribution in [3.05, 3.63) is 64.7 Å². The van der Waals surface area contributed by atoms with Gasteiger partial charge in [-0.15, -0.1) is 0 Å². The molecule has 2 aromatic rings. The maximum absolute atomic E-state index is 12.5. The molecule has 2 nitrogen and oxygen atoms in total. The first-order chi connectivity index (χ1) is 10.4. The fourth-order valence-corrected chi connectivity index (χ4v) is 3.47. The third-order valence-electron chi connectivity index (χ3n) is 3.55. The molecular formula is C18H19Br2NO. The number of amides is 1. The molecule has 0 saturated heterocycles. The summed E-state index contributed by atoms with van der Waals surface area (Å²) < 4.78 is 0. The van der Waals surface area contributed by atoms with E-state index in [1.165, 1.54) is 5.56 Å². The number of anilines is 1. The Morgan fingerprint density at radius 1 is 1.00 bits per heavy atom. The van der Waals surface area contributed by atoms with E-state index in [0.29, 0.717) is 0 Å². The maximum Gasteiger partial charge on any atom is 0.239 e. The van der Waals surface area contributed by atoms with Gasteiger partial charge in [-0.05, 0) is 37.5 Å². The largest absolute Gasteiger partial charge is 0.325 e. The Hall–Kier alpha value is -1.13. The summed E-state index contributed by atoms with van der Waals surface area (Å²) in [6, 6.07) is 14.1. The summed E-state index contributed by atoms with van der Waals surface area (Å²) in [6.45, 7) is 6.09. The number of hydrogen-bond donors (Lipinski definition) is 1. The van der Waals surface area contributed by atoms with Crippen LogP contribution in [-0.2, 0) is 4.79 Å². The molecule has 0 aliphatic carbocycles. The molecule has 22 heavy (non-hydrogen) atoms. The van der Waals surface area contributed by atoms with Gasteiger partial charge in [-0.1, -0.05) is 79.9 Å². The second kappa shape index (κ2) is 7.42. The third kappa shape index (κ3) is 3.99. The Balaban J connectivity index is 2.16. The molecular weight excluding hydrogens is 406 g/mol. The molecule has 0 fully saturated rings. The van der Waals surface area contributed by atoms with Crippen LogP contribution >= 0.6 is 31.9 Å². The lowest BCUT2D eigenvalue weighted by Gasteiger charge is -2.19. The molecule has 2 unspecified atom stereocenters. The summed E-state index contributed by atoms with van der Waals surface area (Å²) in [7, 11) is 0. The summed E-state index contributed by atoms with van der Waals surface area (Å²) >= 11 is 7.11. The van der Waals surface area contributed by atoms with E-state index < -0.39 is 0 Å². The van der Waals surface area contributed by atoms with Crippen LogP contribution in [-0.4, -0.2) is 10.7 Å². The number of benzene rings is 2. The van der Waals surface area contributed by atoms with Crippen molar-refractivity contribution in [3.63, 3.8) is 0 Å². The highest BCUT2D eigenvalue weighted by Gasteiger charge is 2.25. The summed E-state index contributed by atoms with van der Waals surface area (Å²) in [5, 5.41) is 3.04. The van der Waals surface area contributed by atoms with E-state index in [1.54, 1.807) is 0 Å². The second-order valence-corrected chi connectivity index (χ2v) is 7.45. The zero-order chi connectivity index (χ0) is 16.3. The van der Waals surface area contributed by atoms with Gasteiger partial charge in [-0.25, -0.2) is 0 Å². The van der Waals surface area contributed by atoms with Gasteiger partial charge in [0.25, 0.3) is 0 Å². The highest BCUT2D eigenvalue weighted by molar-refractivity contribution is 9.12. The van der Waals surface area contributed by atoms with Crippen LogP contribution in [0.15, 0.2) is 42.5 Å². The number of hydrogen-bond acceptors (Lipinski definition) is 1. The molecule has 0 aliphatic heterocycles. The van der Waals surface area contributed by atoms with Gasteiger partial charge in [0, 0.05) is 5.69 Å². The van der Waals surface area contributed by atoms with Crippen LogP contribution in [0, 0.1) is 20.8 Å². The molecule has 116 valence electrons. The number of halogens is 2. The predicted molar refractivity (Wildman–Crippen MR) is 100 cm³/mol. The average Bonchev–Trinajstić information content (AvgIpc) is 2.50. The number of carbonyl (C=O) groups excluding carboxylic acids is 1. The van der Waals surface area contributed by atoms with Crippen LogP contribution < -0.4 is 5.32 Å². The van der Waals surface area contributed by atoms with E-state index in [1.807, 2.05) is 44.2 Å². The Kier molecular flexibility index (Phi) is 5.81. The summed E-state index contributed by atoms with van der Waals surface area (Å²) in [5.41, 5.74) is 5.32. The fraction of sp³-hybridized carbons (Fsp3) is 0.278. The second-order valence-electron chi connectivity index (χ2n) is 5.48. The van der Waals surface area contributed by atoms with Crippen LogP contribution in [0.4, 0.5) is 5.69 Å². The van der Waals surface area contributed by atoms with E-state index in [0.717, 1.165) is 22.4 Å². The molecule has 0 bridgehead atoms. The monoisotopic (exact) mass is 423 g/mol. The van der Waals surface area contributed by atoms with Gasteiger partial charge >= 0.3 is 0 Å². The first kappa shape index (κ1) is 17.2. The third-order valence-corrected chi connectivity index (χ3v) is 6.26. The number of carbonyl (C=O) groups is 1. The van der Waals surface area contributed by atoms with Crippen LogP contribution in [0.25, 0.3) is 0 Å². The minimum absolute atomic E-state index is 0.0548. The normalized spacial score (nSPS) is 13.5. The van der Waals surface area contributed by atoms with Crippen molar-refractivity contribution in [3.8, 4) is 0 Å². The number of alkyl halides is 2. The minimum atomic E-state index is -0.352. The van der Waals surface area contributed by atoms with Gasteiger partial charge in [0.1, 0.15) is 4.83 Å². The predicted octanol–water partition coefficient (Wildman–Crippen LogP) is 5.45. The van der Waals surface area contributed by atoms with Crippen molar-refractivity contribution < 1.29 is 4.79 Å². The van der Waals surface area contributed by atoms with Crippen molar-refractivity contribution in [2.45, 2.75) is 30.4 Å². The zero-order valence-corrected chi connectivity index (χ0v) is 16.0. The van der Waals surface area contributed by atoms with Gasteiger partial charge in [0.15, 0.2) is 0 Å². The van der Waals surface area contributed by atoms with Crippen molar-refractivity contribution in [1.29, 1.82) is 0 Å². The van der Waals surface area contributed by atoms with Crippen molar-refractivity contribution in [2.75, 3.05) is 5.32 Å². The summed E-state index contributed by atoms with van der Waals surface area (Å²) in [5.74, 6) is -0.0548. The molecule has 4 heteroatoms. The average molecular weight is 425 g/mol. The Labute approximate surface area is 148 Å².